The van der Waals surface area contributed by atoms with Crippen LogP contribution in [0.5, 0.6) is 0 Å². The van der Waals surface area contributed by atoms with Gasteiger partial charge in [0.1, 0.15) is 0 Å². The van der Waals surface area contributed by atoms with Crippen molar-refractivity contribution in [2.75, 3.05) is 38.5 Å². The number of hydrogen-bond acceptors (Lipinski definition) is 4. The molecule has 0 atom stereocenters. The van der Waals surface area contributed by atoms with Gasteiger partial charge in [-0.2, -0.15) is 13.2 Å². The minimum absolute atomic E-state index is 0.0967. The van der Waals surface area contributed by atoms with Gasteiger partial charge in [0, 0.05) is 67.5 Å². The fourth-order valence-electron chi connectivity index (χ4n) is 3.98. The highest BCUT2D eigenvalue weighted by molar-refractivity contribution is 6.04. The number of alkyl halides is 3. The minimum atomic E-state index is -4.53. The number of benzene rings is 2. The molecule has 1 amide bonds. The maximum absolute atomic E-state index is 13.9. The lowest BCUT2D eigenvalue weighted by atomic mass is 10.0. The third-order valence-corrected chi connectivity index (χ3v) is 6.18. The zero-order chi connectivity index (χ0) is 25.7. The van der Waals surface area contributed by atoms with Crippen LogP contribution in [-0.2, 0) is 12.7 Å². The van der Waals surface area contributed by atoms with E-state index in [9.17, 15) is 18.0 Å². The fraction of sp³-hybridized carbons (Fsp3) is 0.286. The van der Waals surface area contributed by atoms with E-state index in [4.69, 9.17) is 0 Å². The number of likely N-dealkylation sites (N-methyl/N-ethyl adjacent to an activating group) is 1. The first-order valence-electron chi connectivity index (χ1n) is 11.6. The number of aryl methyl sites for hydroxylation is 1. The van der Waals surface area contributed by atoms with Crippen LogP contribution in [0.2, 0.25) is 0 Å². The van der Waals surface area contributed by atoms with E-state index in [0.29, 0.717) is 24.2 Å². The van der Waals surface area contributed by atoms with E-state index in [1.807, 2.05) is 18.9 Å². The molecule has 2 heterocycles. The summed E-state index contributed by atoms with van der Waals surface area (Å²) in [6, 6.07) is 12.6. The lowest BCUT2D eigenvalue weighted by molar-refractivity contribution is -0.138. The van der Waals surface area contributed by atoms with Gasteiger partial charge >= 0.3 is 6.18 Å². The molecule has 0 radical (unpaired) electrons. The highest BCUT2D eigenvalue weighted by atomic mass is 19.4. The molecule has 8 heteroatoms. The third kappa shape index (κ3) is 6.51. The molecule has 5 nitrogen and oxygen atoms in total. The van der Waals surface area contributed by atoms with Crippen molar-refractivity contribution in [2.45, 2.75) is 19.6 Å². The Bertz CT molecular complexity index is 1290. The fourth-order valence-corrected chi connectivity index (χ4v) is 3.98. The topological polar surface area (TPSA) is 48.5 Å². The molecular formula is C28H27F3N4O. The lowest BCUT2D eigenvalue weighted by Gasteiger charge is -2.33. The van der Waals surface area contributed by atoms with Gasteiger partial charge in [-0.1, -0.05) is 24.0 Å². The molecule has 2 aromatic carbocycles. The van der Waals surface area contributed by atoms with Gasteiger partial charge in [0.15, 0.2) is 0 Å². The van der Waals surface area contributed by atoms with Gasteiger partial charge < -0.3 is 10.2 Å². The third-order valence-electron chi connectivity index (χ3n) is 6.18. The Morgan fingerprint density at radius 2 is 1.72 bits per heavy atom. The quantitative estimate of drug-likeness (QED) is 0.532. The van der Waals surface area contributed by atoms with Crippen LogP contribution in [0.3, 0.4) is 0 Å². The van der Waals surface area contributed by atoms with Crippen LogP contribution >= 0.6 is 0 Å². The van der Waals surface area contributed by atoms with Gasteiger partial charge in [-0.05, 0) is 61.5 Å². The largest absolute Gasteiger partial charge is 0.416 e. The summed E-state index contributed by atoms with van der Waals surface area (Å²) < 4.78 is 41.6. The Hall–Kier alpha value is -3.67. The normalized spacial score (nSPS) is 14.7. The van der Waals surface area contributed by atoms with Crippen LogP contribution in [0.4, 0.5) is 18.9 Å². The van der Waals surface area contributed by atoms with E-state index < -0.39 is 17.6 Å². The summed E-state index contributed by atoms with van der Waals surface area (Å²) in [7, 11) is 2.00. The van der Waals surface area contributed by atoms with Crippen LogP contribution < -0.4 is 5.32 Å². The number of hydrogen-bond donors (Lipinski definition) is 1. The van der Waals surface area contributed by atoms with Crippen LogP contribution in [0.15, 0.2) is 60.9 Å². The zero-order valence-electron chi connectivity index (χ0n) is 20.2. The molecular weight excluding hydrogens is 465 g/mol. The molecule has 1 aliphatic rings. The molecule has 4 rings (SSSR count). The number of anilines is 1. The number of carbonyl (C=O) groups excluding carboxylic acids is 1. The van der Waals surface area contributed by atoms with E-state index in [-0.39, 0.29) is 17.8 Å². The summed E-state index contributed by atoms with van der Waals surface area (Å²) in [4.78, 5) is 21.0. The molecule has 1 aliphatic heterocycles. The molecule has 0 spiro atoms. The lowest BCUT2D eigenvalue weighted by Crippen LogP contribution is -2.44. The monoisotopic (exact) mass is 492 g/mol. The number of aromatic nitrogens is 1. The van der Waals surface area contributed by atoms with Gasteiger partial charge in [0.2, 0.25) is 0 Å². The van der Waals surface area contributed by atoms with Crippen molar-refractivity contribution < 1.29 is 18.0 Å². The molecule has 1 fully saturated rings. The Kier molecular flexibility index (Phi) is 7.73. The second-order valence-electron chi connectivity index (χ2n) is 8.92. The molecule has 1 aromatic heterocycles. The Morgan fingerprint density at radius 3 is 2.42 bits per heavy atom. The van der Waals surface area contributed by atoms with Crippen molar-refractivity contribution in [1.82, 2.24) is 14.8 Å². The van der Waals surface area contributed by atoms with E-state index in [0.717, 1.165) is 30.3 Å². The first-order valence-corrected chi connectivity index (χ1v) is 11.6. The van der Waals surface area contributed by atoms with Crippen molar-refractivity contribution in [1.29, 1.82) is 0 Å². The Morgan fingerprint density at radius 1 is 1.00 bits per heavy atom. The standard InChI is InChI=1S/C28H27F3N4O/c1-20-3-5-23(17-22(20)6-4-21-9-11-32-12-10-21)27(36)33-25-8-7-24(26(18-25)28(29,30)31)19-35-15-13-34(2)14-16-35/h3,5,7-12,17-18H,13-16,19H2,1-2H3,(H,33,36). The average molecular weight is 493 g/mol. The van der Waals surface area contributed by atoms with Gasteiger partial charge in [-0.3, -0.25) is 14.7 Å². The number of nitrogens with one attached hydrogen (secondary N) is 1. The summed E-state index contributed by atoms with van der Waals surface area (Å²) in [6.07, 6.45) is -1.24. The van der Waals surface area contributed by atoms with Gasteiger partial charge in [0.05, 0.1) is 5.56 Å². The van der Waals surface area contributed by atoms with Gasteiger partial charge in [-0.15, -0.1) is 0 Å². The maximum Gasteiger partial charge on any atom is 0.416 e. The van der Waals surface area contributed by atoms with Crippen LogP contribution in [0, 0.1) is 18.8 Å². The number of nitrogens with zero attached hydrogens (tertiary/aromatic N) is 3. The van der Waals surface area contributed by atoms with Gasteiger partial charge in [0.25, 0.3) is 5.91 Å². The number of piperazine rings is 1. The Labute approximate surface area is 209 Å². The number of rotatable bonds is 4. The van der Waals surface area contributed by atoms with Crippen molar-refractivity contribution in [3.05, 3.63) is 94.3 Å². The highest BCUT2D eigenvalue weighted by Gasteiger charge is 2.34. The SMILES string of the molecule is Cc1ccc(C(=O)Nc2ccc(CN3CCN(C)CC3)c(C(F)(F)F)c2)cc1C#Cc1ccncc1. The molecule has 1 saturated heterocycles. The summed E-state index contributed by atoms with van der Waals surface area (Å²) in [5.41, 5.74) is 2.23. The van der Waals surface area contributed by atoms with Crippen LogP contribution in [0.1, 0.15) is 38.2 Å². The predicted octanol–water partition coefficient (Wildman–Crippen LogP) is 4.81. The number of amides is 1. The van der Waals surface area contributed by atoms with Crippen molar-refractivity contribution in [2.24, 2.45) is 0 Å². The summed E-state index contributed by atoms with van der Waals surface area (Å²) in [5, 5.41) is 2.61. The summed E-state index contributed by atoms with van der Waals surface area (Å²) in [5.74, 6) is 5.58. The zero-order valence-corrected chi connectivity index (χ0v) is 20.2. The van der Waals surface area contributed by atoms with Crippen LogP contribution in [0.25, 0.3) is 0 Å². The predicted molar refractivity (Wildman–Crippen MR) is 134 cm³/mol. The molecule has 0 bridgehead atoms. The molecule has 3 aromatic rings. The van der Waals surface area contributed by atoms with Crippen molar-refractivity contribution in [3.63, 3.8) is 0 Å². The van der Waals surface area contributed by atoms with Crippen molar-refractivity contribution in [3.8, 4) is 11.8 Å². The number of carbonyl (C=O) groups is 1. The second-order valence-corrected chi connectivity index (χ2v) is 8.92. The molecule has 0 saturated carbocycles. The van der Waals surface area contributed by atoms with E-state index in [1.54, 1.807) is 42.7 Å². The molecule has 0 unspecified atom stereocenters. The first-order chi connectivity index (χ1) is 17.2. The smallest absolute Gasteiger partial charge is 0.322 e. The second kappa shape index (κ2) is 10.9. The highest BCUT2D eigenvalue weighted by Crippen LogP contribution is 2.34. The molecule has 36 heavy (non-hydrogen) atoms. The minimum Gasteiger partial charge on any atom is -0.322 e. The van der Waals surface area contributed by atoms with Crippen molar-refractivity contribution >= 4 is 11.6 Å². The van der Waals surface area contributed by atoms with E-state index in [1.165, 1.54) is 12.1 Å². The summed E-state index contributed by atoms with van der Waals surface area (Å²) >= 11 is 0. The average Bonchev–Trinajstić information content (AvgIpc) is 2.85. The molecule has 1 N–H and O–H groups in total. The molecule has 186 valence electrons. The van der Waals surface area contributed by atoms with E-state index >= 15 is 0 Å². The first kappa shape index (κ1) is 25.4. The van der Waals surface area contributed by atoms with Gasteiger partial charge in [-0.25, -0.2) is 0 Å². The number of pyridine rings is 1. The number of halogens is 3. The van der Waals surface area contributed by atoms with E-state index in [2.05, 4.69) is 27.0 Å². The Balaban J connectivity index is 1.52. The van der Waals surface area contributed by atoms with Crippen LogP contribution in [-0.4, -0.2) is 53.9 Å². The summed E-state index contributed by atoms with van der Waals surface area (Å²) in [6.45, 7) is 5.17. The molecule has 0 aliphatic carbocycles. The maximum atomic E-state index is 13.9.